The highest BCUT2D eigenvalue weighted by Crippen LogP contribution is 2.28. The van der Waals surface area contributed by atoms with Gasteiger partial charge in [-0.2, -0.15) is 0 Å². The van der Waals surface area contributed by atoms with Crippen molar-refractivity contribution in [3.8, 4) is 0 Å². The van der Waals surface area contributed by atoms with E-state index in [9.17, 15) is 4.79 Å². The number of hydrogen-bond acceptors (Lipinski definition) is 4. The third-order valence-electron chi connectivity index (χ3n) is 2.70. The topological polar surface area (TPSA) is 58.4 Å². The first kappa shape index (κ1) is 14.2. The number of carbonyl (C=O) groups excluding carboxylic acids is 1. The van der Waals surface area contributed by atoms with E-state index in [4.69, 9.17) is 5.73 Å². The average Bonchev–Trinajstić information content (AvgIpc) is 2.64. The molecule has 96 valence electrons. The Morgan fingerprint density at radius 2 is 2.24 bits per heavy atom. The van der Waals surface area contributed by atoms with Gasteiger partial charge in [0.1, 0.15) is 0 Å². The summed E-state index contributed by atoms with van der Waals surface area (Å²) in [6, 6.07) is 4.26. The predicted molar refractivity (Wildman–Crippen MR) is 72.1 cm³/mol. The largest absolute Gasteiger partial charge is 0.358 e. The van der Waals surface area contributed by atoms with E-state index in [2.05, 4.69) is 24.4 Å². The van der Waals surface area contributed by atoms with Gasteiger partial charge in [0.25, 0.3) is 0 Å². The van der Waals surface area contributed by atoms with Gasteiger partial charge in [-0.15, -0.1) is 11.3 Å². The summed E-state index contributed by atoms with van der Waals surface area (Å²) in [5, 5.41) is 2.63. The van der Waals surface area contributed by atoms with Crippen LogP contribution in [0, 0.1) is 6.92 Å². The number of amides is 1. The van der Waals surface area contributed by atoms with Crippen LogP contribution in [0.2, 0.25) is 0 Å². The van der Waals surface area contributed by atoms with E-state index in [0.717, 1.165) is 0 Å². The lowest BCUT2D eigenvalue weighted by Gasteiger charge is -2.29. The van der Waals surface area contributed by atoms with Crippen LogP contribution in [-0.4, -0.2) is 37.5 Å². The minimum atomic E-state index is -0.0114. The molecule has 17 heavy (non-hydrogen) atoms. The van der Waals surface area contributed by atoms with Crippen LogP contribution in [0.3, 0.4) is 0 Å². The summed E-state index contributed by atoms with van der Waals surface area (Å²) in [6.07, 6.45) is 0. The van der Waals surface area contributed by atoms with E-state index in [1.165, 1.54) is 9.75 Å². The summed E-state index contributed by atoms with van der Waals surface area (Å²) in [5.74, 6) is 0.00595. The van der Waals surface area contributed by atoms with Crippen LogP contribution < -0.4 is 11.1 Å². The van der Waals surface area contributed by atoms with Gasteiger partial charge in [-0.3, -0.25) is 9.69 Å². The zero-order valence-corrected chi connectivity index (χ0v) is 11.7. The van der Waals surface area contributed by atoms with Gasteiger partial charge in [-0.25, -0.2) is 0 Å². The molecule has 0 bridgehead atoms. The van der Waals surface area contributed by atoms with Crippen molar-refractivity contribution >= 4 is 17.2 Å². The number of thiophene rings is 1. The van der Waals surface area contributed by atoms with Gasteiger partial charge in [0, 0.05) is 22.8 Å². The molecule has 0 saturated carbocycles. The Hall–Kier alpha value is -0.910. The fourth-order valence-electron chi connectivity index (χ4n) is 1.89. The predicted octanol–water partition coefficient (Wildman–Crippen LogP) is 1.12. The summed E-state index contributed by atoms with van der Waals surface area (Å²) in [7, 11) is 3.57. The Morgan fingerprint density at radius 1 is 1.59 bits per heavy atom. The number of carbonyl (C=O) groups is 1. The average molecular weight is 255 g/mol. The van der Waals surface area contributed by atoms with Crippen molar-refractivity contribution in [2.75, 3.05) is 20.6 Å². The molecule has 0 aliphatic carbocycles. The maximum absolute atomic E-state index is 11.4. The van der Waals surface area contributed by atoms with Crippen molar-refractivity contribution in [1.82, 2.24) is 10.2 Å². The molecule has 0 saturated heterocycles. The van der Waals surface area contributed by atoms with Crippen LogP contribution in [-0.2, 0) is 4.79 Å². The summed E-state index contributed by atoms with van der Waals surface area (Å²) in [6.45, 7) is 4.41. The van der Waals surface area contributed by atoms with Crippen LogP contribution in [0.25, 0.3) is 0 Å². The first-order valence-electron chi connectivity index (χ1n) is 5.68. The molecule has 0 aliphatic rings. The van der Waals surface area contributed by atoms with Gasteiger partial charge in [-0.1, -0.05) is 0 Å². The molecule has 2 atom stereocenters. The van der Waals surface area contributed by atoms with E-state index in [-0.39, 0.29) is 18.0 Å². The van der Waals surface area contributed by atoms with Crippen molar-refractivity contribution in [3.63, 3.8) is 0 Å². The molecule has 0 aliphatic heterocycles. The Labute approximate surface area is 107 Å². The number of nitrogens with one attached hydrogen (secondary N) is 1. The maximum atomic E-state index is 11.4. The van der Waals surface area contributed by atoms with Crippen molar-refractivity contribution in [2.24, 2.45) is 5.73 Å². The lowest BCUT2D eigenvalue weighted by Crippen LogP contribution is -2.41. The molecule has 4 nitrogen and oxygen atoms in total. The van der Waals surface area contributed by atoms with E-state index in [1.807, 2.05) is 18.9 Å². The number of likely N-dealkylation sites (N-methyl/N-ethyl adjacent to an activating group) is 2. The van der Waals surface area contributed by atoms with Gasteiger partial charge >= 0.3 is 0 Å². The molecular formula is C12H21N3OS. The number of aryl methyl sites for hydroxylation is 1. The number of hydrogen-bond donors (Lipinski definition) is 2. The molecule has 1 heterocycles. The summed E-state index contributed by atoms with van der Waals surface area (Å²) >= 11 is 1.73. The Morgan fingerprint density at radius 3 is 2.65 bits per heavy atom. The normalized spacial score (nSPS) is 14.7. The second kappa shape index (κ2) is 6.14. The number of rotatable bonds is 5. The lowest BCUT2D eigenvalue weighted by atomic mass is 10.1. The molecule has 0 spiro atoms. The van der Waals surface area contributed by atoms with Crippen molar-refractivity contribution in [1.29, 1.82) is 0 Å². The van der Waals surface area contributed by atoms with E-state index in [0.29, 0.717) is 6.54 Å². The molecule has 1 amide bonds. The molecule has 1 aromatic heterocycles. The van der Waals surface area contributed by atoms with Crippen LogP contribution in [0.15, 0.2) is 12.1 Å². The molecular weight excluding hydrogens is 234 g/mol. The fourth-order valence-corrected chi connectivity index (χ4v) is 3.05. The molecule has 5 heteroatoms. The Balaban J connectivity index is 2.82. The summed E-state index contributed by atoms with van der Waals surface area (Å²) in [5.41, 5.74) is 6.03. The lowest BCUT2D eigenvalue weighted by molar-refractivity contribution is -0.122. The monoisotopic (exact) mass is 255 g/mol. The molecule has 1 rings (SSSR count). The van der Waals surface area contributed by atoms with E-state index in [1.54, 1.807) is 18.4 Å². The Bertz CT molecular complexity index is 376. The molecule has 0 aromatic carbocycles. The van der Waals surface area contributed by atoms with Gasteiger partial charge in [0.15, 0.2) is 0 Å². The highest BCUT2D eigenvalue weighted by atomic mass is 32.1. The Kier molecular flexibility index (Phi) is 5.11. The van der Waals surface area contributed by atoms with Gasteiger partial charge in [0.05, 0.1) is 12.6 Å². The quantitative estimate of drug-likeness (QED) is 0.829. The minimum Gasteiger partial charge on any atom is -0.358 e. The molecule has 2 unspecified atom stereocenters. The first-order valence-corrected chi connectivity index (χ1v) is 6.50. The highest BCUT2D eigenvalue weighted by Gasteiger charge is 2.23. The SMILES string of the molecule is CNC(=O)CN(C)C(c1ccc(C)s1)C(C)N. The first-order chi connectivity index (χ1) is 7.95. The summed E-state index contributed by atoms with van der Waals surface area (Å²) < 4.78 is 0. The van der Waals surface area contributed by atoms with Crippen molar-refractivity contribution in [2.45, 2.75) is 25.9 Å². The minimum absolute atomic E-state index is 0.00595. The molecule has 3 N–H and O–H groups in total. The zero-order chi connectivity index (χ0) is 13.0. The third-order valence-corrected chi connectivity index (χ3v) is 3.77. The van der Waals surface area contributed by atoms with Crippen molar-refractivity contribution < 1.29 is 4.79 Å². The smallest absolute Gasteiger partial charge is 0.233 e. The summed E-state index contributed by atoms with van der Waals surface area (Å²) in [4.78, 5) is 15.9. The van der Waals surface area contributed by atoms with Gasteiger partial charge in [-0.05, 0) is 33.0 Å². The standard InChI is InChI=1S/C12H21N3OS/c1-8-5-6-10(17-8)12(9(2)13)15(4)7-11(16)14-3/h5-6,9,12H,7,13H2,1-4H3,(H,14,16). The number of nitrogens with zero attached hydrogens (tertiary/aromatic N) is 1. The van der Waals surface area contributed by atoms with E-state index >= 15 is 0 Å². The highest BCUT2D eigenvalue weighted by molar-refractivity contribution is 7.12. The molecule has 0 fully saturated rings. The van der Waals surface area contributed by atoms with Crippen molar-refractivity contribution in [3.05, 3.63) is 21.9 Å². The van der Waals surface area contributed by atoms with E-state index < -0.39 is 0 Å². The fraction of sp³-hybridized carbons (Fsp3) is 0.583. The van der Waals surface area contributed by atoms with Crippen LogP contribution in [0.5, 0.6) is 0 Å². The number of nitrogens with two attached hydrogens (primary N) is 1. The third kappa shape index (κ3) is 3.80. The van der Waals surface area contributed by atoms with Crippen LogP contribution >= 0.6 is 11.3 Å². The van der Waals surface area contributed by atoms with Crippen LogP contribution in [0.4, 0.5) is 0 Å². The molecule has 0 radical (unpaired) electrons. The second-order valence-corrected chi connectivity index (χ2v) is 5.66. The zero-order valence-electron chi connectivity index (χ0n) is 10.9. The molecule has 1 aromatic rings. The maximum Gasteiger partial charge on any atom is 0.233 e. The van der Waals surface area contributed by atoms with Gasteiger partial charge < -0.3 is 11.1 Å². The second-order valence-electron chi connectivity index (χ2n) is 4.34. The van der Waals surface area contributed by atoms with Crippen LogP contribution in [0.1, 0.15) is 22.7 Å². The van der Waals surface area contributed by atoms with Gasteiger partial charge in [0.2, 0.25) is 5.91 Å².